The van der Waals surface area contributed by atoms with Crippen molar-refractivity contribution in [1.82, 2.24) is 0 Å². The summed E-state index contributed by atoms with van der Waals surface area (Å²) >= 11 is 0. The van der Waals surface area contributed by atoms with Crippen LogP contribution in [-0.4, -0.2) is 12.9 Å². The van der Waals surface area contributed by atoms with E-state index in [9.17, 15) is 0 Å². The van der Waals surface area contributed by atoms with Gasteiger partial charge in [0.1, 0.15) is 0 Å². The fraction of sp³-hybridized carbons (Fsp3) is 0.222. The van der Waals surface area contributed by atoms with Crippen molar-refractivity contribution >= 4 is 5.84 Å². The molecule has 1 rings (SSSR count). The zero-order valence-electron chi connectivity index (χ0n) is 7.51. The quantitative estimate of drug-likeness (QED) is 0.214. The van der Waals surface area contributed by atoms with Crippen molar-refractivity contribution in [3.8, 4) is 0 Å². The fourth-order valence-corrected chi connectivity index (χ4v) is 1.03. The summed E-state index contributed by atoms with van der Waals surface area (Å²) in [6.07, 6.45) is 10.8. The van der Waals surface area contributed by atoms with Crippen LogP contribution in [0.15, 0.2) is 51.3 Å². The van der Waals surface area contributed by atoms with Gasteiger partial charge in [-0.3, -0.25) is 4.99 Å². The Morgan fingerprint density at radius 3 is 3.00 bits per heavy atom. The first-order valence-corrected chi connectivity index (χ1v) is 4.00. The highest BCUT2D eigenvalue weighted by Crippen LogP contribution is 2.08. The molecular weight excluding hydrogens is 164 g/mol. The lowest BCUT2D eigenvalue weighted by atomic mass is 10.2. The van der Waals surface area contributed by atoms with Gasteiger partial charge in [-0.1, -0.05) is 35.6 Å². The molecule has 2 N–H and O–H groups in total. The zero-order valence-corrected chi connectivity index (χ0v) is 7.51. The van der Waals surface area contributed by atoms with Gasteiger partial charge in [0.15, 0.2) is 5.84 Å². The molecule has 0 aromatic carbocycles. The monoisotopic (exact) mass is 176 g/mol. The lowest BCUT2D eigenvalue weighted by Gasteiger charge is -1.97. The Morgan fingerprint density at radius 1 is 1.46 bits per heavy atom. The Kier molecular flexibility index (Phi) is 3.63. The minimum Gasteiger partial charge on any atom is -0.305 e. The third kappa shape index (κ3) is 2.66. The van der Waals surface area contributed by atoms with Crippen LogP contribution in [-0.2, 0) is 0 Å². The number of rotatable bonds is 1. The van der Waals surface area contributed by atoms with Gasteiger partial charge in [0.2, 0.25) is 0 Å². The molecule has 0 saturated heterocycles. The van der Waals surface area contributed by atoms with E-state index in [2.05, 4.69) is 21.4 Å². The van der Waals surface area contributed by atoms with E-state index in [1.165, 1.54) is 0 Å². The summed E-state index contributed by atoms with van der Waals surface area (Å²) in [6, 6.07) is 0. The van der Waals surface area contributed by atoms with Crippen LogP contribution in [0.4, 0.5) is 0 Å². The molecule has 0 aromatic heterocycles. The summed E-state index contributed by atoms with van der Waals surface area (Å²) in [7, 11) is 1.66. The number of hydrogen-bond donors (Lipinski definition) is 1. The normalized spacial score (nSPS) is 17.6. The molecule has 0 atom stereocenters. The molecule has 0 radical (unpaired) electrons. The second-order valence-corrected chi connectivity index (χ2v) is 2.45. The van der Waals surface area contributed by atoms with Gasteiger partial charge in [0, 0.05) is 12.6 Å². The molecule has 68 valence electrons. The lowest BCUT2D eigenvalue weighted by molar-refractivity contribution is 1.08. The summed E-state index contributed by atoms with van der Waals surface area (Å²) in [4.78, 5) is 3.97. The average Bonchev–Trinajstić information content (AvgIpc) is 2.42. The minimum absolute atomic E-state index is 0.558. The van der Waals surface area contributed by atoms with Gasteiger partial charge in [-0.25, -0.2) is 0 Å². The molecule has 0 bridgehead atoms. The van der Waals surface area contributed by atoms with Crippen LogP contribution >= 0.6 is 0 Å². The Bertz CT molecular complexity index is 308. The molecular formula is C9H12N4. The SMILES string of the molecule is CN=C(N=NN)C1=CCC=CC=C1. The molecule has 4 nitrogen and oxygen atoms in total. The zero-order chi connectivity index (χ0) is 9.52. The Morgan fingerprint density at radius 2 is 2.31 bits per heavy atom. The van der Waals surface area contributed by atoms with Crippen molar-refractivity contribution in [3.63, 3.8) is 0 Å². The van der Waals surface area contributed by atoms with E-state index in [4.69, 9.17) is 5.84 Å². The van der Waals surface area contributed by atoms with Crippen LogP contribution in [0.1, 0.15) is 6.42 Å². The van der Waals surface area contributed by atoms with Gasteiger partial charge in [0.05, 0.1) is 0 Å². The summed E-state index contributed by atoms with van der Waals surface area (Å²) in [6.45, 7) is 0. The maximum absolute atomic E-state index is 4.96. The molecule has 0 aromatic rings. The van der Waals surface area contributed by atoms with Gasteiger partial charge in [-0.2, -0.15) is 0 Å². The molecule has 0 fully saturated rings. The summed E-state index contributed by atoms with van der Waals surface area (Å²) in [5.74, 6) is 5.52. The van der Waals surface area contributed by atoms with Crippen LogP contribution in [0, 0.1) is 0 Å². The summed E-state index contributed by atoms with van der Waals surface area (Å²) in [5.41, 5.74) is 0.946. The van der Waals surface area contributed by atoms with E-state index in [0.717, 1.165) is 12.0 Å². The predicted octanol–water partition coefficient (Wildman–Crippen LogP) is 1.78. The number of nitrogens with two attached hydrogens (primary N) is 1. The van der Waals surface area contributed by atoms with Gasteiger partial charge in [0.25, 0.3) is 0 Å². The van der Waals surface area contributed by atoms with E-state index in [0.29, 0.717) is 5.84 Å². The van der Waals surface area contributed by atoms with Crippen molar-refractivity contribution in [3.05, 3.63) is 36.0 Å². The number of nitrogens with zero attached hydrogens (tertiary/aromatic N) is 3. The largest absolute Gasteiger partial charge is 0.305 e. The van der Waals surface area contributed by atoms with Crippen LogP contribution in [0.3, 0.4) is 0 Å². The molecule has 1 aliphatic rings. The first-order valence-electron chi connectivity index (χ1n) is 4.00. The molecule has 0 saturated carbocycles. The highest BCUT2D eigenvalue weighted by molar-refractivity contribution is 6.01. The number of hydrogen-bond acceptors (Lipinski definition) is 2. The van der Waals surface area contributed by atoms with Crippen LogP contribution in [0.2, 0.25) is 0 Å². The molecule has 0 heterocycles. The molecule has 0 amide bonds. The molecule has 13 heavy (non-hydrogen) atoms. The Balaban J connectivity index is 2.87. The topological polar surface area (TPSA) is 63.1 Å². The van der Waals surface area contributed by atoms with Crippen molar-refractivity contribution < 1.29 is 0 Å². The number of amidine groups is 1. The van der Waals surface area contributed by atoms with Crippen LogP contribution < -0.4 is 5.84 Å². The van der Waals surface area contributed by atoms with E-state index >= 15 is 0 Å². The summed E-state index contributed by atoms with van der Waals surface area (Å²) < 4.78 is 0. The van der Waals surface area contributed by atoms with Crippen molar-refractivity contribution in [2.24, 2.45) is 21.2 Å². The Labute approximate surface area is 77.2 Å². The van der Waals surface area contributed by atoms with Gasteiger partial charge in [-0.05, 0) is 6.42 Å². The standard InChI is InChI=1S/C9H12N4/c1-11-9(12-13-10)8-6-4-2-3-5-7-8/h2-4,6-7H,5H2,1H3,(H2,10,11,12). The van der Waals surface area contributed by atoms with Crippen LogP contribution in [0.25, 0.3) is 0 Å². The predicted molar refractivity (Wildman–Crippen MR) is 53.4 cm³/mol. The van der Waals surface area contributed by atoms with E-state index < -0.39 is 0 Å². The van der Waals surface area contributed by atoms with E-state index in [1.807, 2.05) is 24.3 Å². The van der Waals surface area contributed by atoms with E-state index in [-0.39, 0.29) is 0 Å². The summed E-state index contributed by atoms with van der Waals surface area (Å²) in [5, 5.41) is 6.93. The van der Waals surface area contributed by atoms with Crippen LogP contribution in [0.5, 0.6) is 0 Å². The molecule has 0 unspecified atom stereocenters. The van der Waals surface area contributed by atoms with Gasteiger partial charge >= 0.3 is 0 Å². The molecule has 0 aliphatic heterocycles. The Hall–Kier alpha value is -1.71. The fourth-order valence-electron chi connectivity index (χ4n) is 1.03. The second kappa shape index (κ2) is 5.03. The third-order valence-corrected chi connectivity index (χ3v) is 1.62. The van der Waals surface area contributed by atoms with E-state index in [1.54, 1.807) is 7.05 Å². The highest BCUT2D eigenvalue weighted by atomic mass is 15.3. The minimum atomic E-state index is 0.558. The van der Waals surface area contributed by atoms with Crippen molar-refractivity contribution in [2.45, 2.75) is 6.42 Å². The average molecular weight is 176 g/mol. The molecule has 0 spiro atoms. The highest BCUT2D eigenvalue weighted by Gasteiger charge is 2.01. The number of allylic oxidation sites excluding steroid dienone is 4. The molecule has 4 heteroatoms. The second-order valence-electron chi connectivity index (χ2n) is 2.45. The molecule has 1 aliphatic carbocycles. The smallest absolute Gasteiger partial charge is 0.178 e. The lowest BCUT2D eigenvalue weighted by Crippen LogP contribution is -1.97. The van der Waals surface area contributed by atoms with Gasteiger partial charge < -0.3 is 5.84 Å². The number of aliphatic imine (C=N–C) groups is 1. The third-order valence-electron chi connectivity index (χ3n) is 1.62. The first-order chi connectivity index (χ1) is 6.38. The maximum Gasteiger partial charge on any atom is 0.178 e. The maximum atomic E-state index is 4.96. The van der Waals surface area contributed by atoms with Crippen molar-refractivity contribution in [1.29, 1.82) is 0 Å². The van der Waals surface area contributed by atoms with Crippen molar-refractivity contribution in [2.75, 3.05) is 7.05 Å². The first kappa shape index (κ1) is 9.38. The van der Waals surface area contributed by atoms with Gasteiger partial charge in [-0.15, -0.1) is 5.11 Å².